The van der Waals surface area contributed by atoms with Crippen LogP contribution in [0.4, 0.5) is 16.2 Å². The predicted molar refractivity (Wildman–Crippen MR) is 105 cm³/mol. The van der Waals surface area contributed by atoms with E-state index in [4.69, 9.17) is 11.6 Å². The van der Waals surface area contributed by atoms with Crippen molar-refractivity contribution in [2.75, 3.05) is 36.4 Å². The third-order valence-corrected chi connectivity index (χ3v) is 4.75. The van der Waals surface area contributed by atoms with Crippen molar-refractivity contribution >= 4 is 29.3 Å². The number of nitrogens with zero attached hydrogens (tertiary/aromatic N) is 3. The summed E-state index contributed by atoms with van der Waals surface area (Å²) < 4.78 is 13.7. The molecule has 0 bridgehead atoms. The molecule has 1 fully saturated rings. The summed E-state index contributed by atoms with van der Waals surface area (Å²) in [6.45, 7) is 4.82. The highest BCUT2D eigenvalue weighted by molar-refractivity contribution is 6.31. The first-order valence-corrected chi connectivity index (χ1v) is 9.45. The monoisotopic (exact) mass is 391 g/mol. The smallest absolute Gasteiger partial charge is 0.224 e. The van der Waals surface area contributed by atoms with Crippen molar-refractivity contribution in [1.82, 2.24) is 15.3 Å². The number of anilines is 2. The largest absolute Gasteiger partial charge is 0.356 e. The van der Waals surface area contributed by atoms with Gasteiger partial charge in [-0.25, -0.2) is 9.37 Å². The molecule has 0 atom stereocenters. The molecule has 6 nitrogen and oxygen atoms in total. The molecular weight excluding hydrogens is 369 g/mol. The Labute approximate surface area is 163 Å². The zero-order chi connectivity index (χ0) is 19.2. The highest BCUT2D eigenvalue weighted by Gasteiger charge is 2.15. The molecule has 3 rings (SSSR count). The van der Waals surface area contributed by atoms with Crippen molar-refractivity contribution in [3.05, 3.63) is 46.4 Å². The van der Waals surface area contributed by atoms with Gasteiger partial charge in [-0.05, 0) is 31.9 Å². The van der Waals surface area contributed by atoms with Crippen molar-refractivity contribution in [2.45, 2.75) is 26.2 Å². The molecule has 8 heteroatoms. The number of carbonyl (C=O) groups excluding carboxylic acids is 1. The standard InChI is InChI=1S/C19H23ClFN5O/c1-13-11-17(26-9-2-3-10-26)25-19(24-13)23-8-7-22-18(27)12-14-15(20)5-4-6-16(14)21/h4-6,11H,2-3,7-10,12H2,1H3,(H,22,27)(H,23,24,25). The Morgan fingerprint density at radius 2 is 2.04 bits per heavy atom. The molecule has 1 aliphatic rings. The van der Waals surface area contributed by atoms with E-state index in [1.807, 2.05) is 13.0 Å². The summed E-state index contributed by atoms with van der Waals surface area (Å²) in [5.41, 5.74) is 1.11. The van der Waals surface area contributed by atoms with Gasteiger partial charge in [0, 0.05) is 48.5 Å². The average Bonchev–Trinajstić information content (AvgIpc) is 3.16. The number of nitrogens with one attached hydrogen (secondary N) is 2. The summed E-state index contributed by atoms with van der Waals surface area (Å²) in [4.78, 5) is 23.2. The molecule has 1 aromatic heterocycles. The van der Waals surface area contributed by atoms with Crippen LogP contribution in [0.15, 0.2) is 24.3 Å². The second-order valence-electron chi connectivity index (χ2n) is 6.54. The molecule has 2 aromatic rings. The third-order valence-electron chi connectivity index (χ3n) is 4.40. The van der Waals surface area contributed by atoms with E-state index in [1.54, 1.807) is 6.07 Å². The second kappa shape index (κ2) is 8.99. The Bertz CT molecular complexity index is 790. The highest BCUT2D eigenvalue weighted by Crippen LogP contribution is 2.20. The quantitative estimate of drug-likeness (QED) is 0.710. The lowest BCUT2D eigenvalue weighted by atomic mass is 10.1. The third kappa shape index (κ3) is 5.29. The van der Waals surface area contributed by atoms with Crippen LogP contribution in [-0.2, 0) is 11.2 Å². The molecule has 144 valence electrons. The van der Waals surface area contributed by atoms with Gasteiger partial charge in [-0.3, -0.25) is 4.79 Å². The summed E-state index contributed by atoms with van der Waals surface area (Å²) in [5, 5.41) is 6.13. The summed E-state index contributed by atoms with van der Waals surface area (Å²) in [7, 11) is 0. The Balaban J connectivity index is 1.48. The fourth-order valence-electron chi connectivity index (χ4n) is 3.04. The molecule has 1 amide bonds. The van der Waals surface area contributed by atoms with Gasteiger partial charge in [0.2, 0.25) is 11.9 Å². The second-order valence-corrected chi connectivity index (χ2v) is 6.95. The van der Waals surface area contributed by atoms with Crippen LogP contribution in [0.5, 0.6) is 0 Å². The Morgan fingerprint density at radius 1 is 1.26 bits per heavy atom. The first-order valence-electron chi connectivity index (χ1n) is 9.07. The lowest BCUT2D eigenvalue weighted by Gasteiger charge is -2.17. The van der Waals surface area contributed by atoms with Gasteiger partial charge >= 0.3 is 0 Å². The van der Waals surface area contributed by atoms with E-state index in [0.717, 1.165) is 24.6 Å². The molecule has 0 radical (unpaired) electrons. The normalized spacial score (nSPS) is 13.7. The first-order chi connectivity index (χ1) is 13.0. The van der Waals surface area contributed by atoms with E-state index in [0.29, 0.717) is 19.0 Å². The number of benzene rings is 1. The van der Waals surface area contributed by atoms with Crippen LogP contribution in [0.25, 0.3) is 0 Å². The SMILES string of the molecule is Cc1cc(N2CCCC2)nc(NCCNC(=O)Cc2c(F)cccc2Cl)n1. The fraction of sp³-hybridized carbons (Fsp3) is 0.421. The molecule has 0 saturated carbocycles. The van der Waals surface area contributed by atoms with Gasteiger partial charge in [-0.2, -0.15) is 4.98 Å². The van der Waals surface area contributed by atoms with E-state index in [-0.39, 0.29) is 22.9 Å². The number of carbonyl (C=O) groups is 1. The summed E-state index contributed by atoms with van der Waals surface area (Å²) in [5.74, 6) is 0.717. The van der Waals surface area contributed by atoms with Crippen molar-refractivity contribution in [3.8, 4) is 0 Å². The lowest BCUT2D eigenvalue weighted by Crippen LogP contribution is -2.30. The van der Waals surface area contributed by atoms with Gasteiger partial charge in [0.25, 0.3) is 0 Å². The van der Waals surface area contributed by atoms with Gasteiger partial charge in [-0.15, -0.1) is 0 Å². The molecule has 2 heterocycles. The molecular formula is C19H23ClFN5O. The Kier molecular flexibility index (Phi) is 6.45. The van der Waals surface area contributed by atoms with Gasteiger partial charge in [0.05, 0.1) is 6.42 Å². The van der Waals surface area contributed by atoms with Crippen molar-refractivity contribution < 1.29 is 9.18 Å². The minimum atomic E-state index is -0.474. The number of hydrogen-bond acceptors (Lipinski definition) is 5. The van der Waals surface area contributed by atoms with Crippen LogP contribution >= 0.6 is 11.6 Å². The van der Waals surface area contributed by atoms with Crippen LogP contribution in [0, 0.1) is 12.7 Å². The minimum absolute atomic E-state index is 0.0917. The van der Waals surface area contributed by atoms with Crippen LogP contribution in [-0.4, -0.2) is 42.1 Å². The molecule has 0 aliphatic carbocycles. The summed E-state index contributed by atoms with van der Waals surface area (Å²) in [6, 6.07) is 6.36. The number of aryl methyl sites for hydroxylation is 1. The fourth-order valence-corrected chi connectivity index (χ4v) is 3.27. The Hall–Kier alpha value is -2.41. The van der Waals surface area contributed by atoms with E-state index < -0.39 is 5.82 Å². The van der Waals surface area contributed by atoms with Gasteiger partial charge in [0.15, 0.2) is 0 Å². The topological polar surface area (TPSA) is 70.2 Å². The number of aromatic nitrogens is 2. The highest BCUT2D eigenvalue weighted by atomic mass is 35.5. The molecule has 2 N–H and O–H groups in total. The zero-order valence-corrected chi connectivity index (χ0v) is 16.0. The molecule has 1 aromatic carbocycles. The molecule has 0 spiro atoms. The number of halogens is 2. The maximum Gasteiger partial charge on any atom is 0.224 e. The molecule has 0 unspecified atom stereocenters. The number of amides is 1. The van der Waals surface area contributed by atoms with E-state index in [1.165, 1.54) is 25.0 Å². The molecule has 1 saturated heterocycles. The summed E-state index contributed by atoms with van der Waals surface area (Å²) >= 11 is 5.95. The predicted octanol–water partition coefficient (Wildman–Crippen LogP) is 2.95. The molecule has 1 aliphatic heterocycles. The van der Waals surface area contributed by atoms with E-state index in [9.17, 15) is 9.18 Å². The van der Waals surface area contributed by atoms with Crippen molar-refractivity contribution in [2.24, 2.45) is 0 Å². The number of rotatable bonds is 7. The van der Waals surface area contributed by atoms with E-state index in [2.05, 4.69) is 25.5 Å². The maximum atomic E-state index is 13.7. The first kappa shape index (κ1) is 19.4. The maximum absolute atomic E-state index is 13.7. The lowest BCUT2D eigenvalue weighted by molar-refractivity contribution is -0.120. The van der Waals surface area contributed by atoms with E-state index >= 15 is 0 Å². The zero-order valence-electron chi connectivity index (χ0n) is 15.3. The van der Waals surface area contributed by atoms with Gasteiger partial charge in [-0.1, -0.05) is 17.7 Å². The van der Waals surface area contributed by atoms with Crippen LogP contribution in [0.3, 0.4) is 0 Å². The average molecular weight is 392 g/mol. The van der Waals surface area contributed by atoms with Crippen molar-refractivity contribution in [1.29, 1.82) is 0 Å². The number of hydrogen-bond donors (Lipinski definition) is 2. The van der Waals surface area contributed by atoms with Crippen LogP contribution in [0.2, 0.25) is 5.02 Å². The minimum Gasteiger partial charge on any atom is -0.356 e. The molecule has 27 heavy (non-hydrogen) atoms. The van der Waals surface area contributed by atoms with Crippen molar-refractivity contribution in [3.63, 3.8) is 0 Å². The van der Waals surface area contributed by atoms with Crippen LogP contribution in [0.1, 0.15) is 24.1 Å². The summed E-state index contributed by atoms with van der Waals surface area (Å²) in [6.07, 6.45) is 2.28. The Morgan fingerprint density at radius 3 is 2.78 bits per heavy atom. The van der Waals surface area contributed by atoms with Gasteiger partial charge < -0.3 is 15.5 Å². The van der Waals surface area contributed by atoms with Crippen LogP contribution < -0.4 is 15.5 Å². The van der Waals surface area contributed by atoms with Gasteiger partial charge in [0.1, 0.15) is 11.6 Å².